The van der Waals surface area contributed by atoms with E-state index in [9.17, 15) is 4.79 Å². The van der Waals surface area contributed by atoms with Crippen molar-refractivity contribution in [3.05, 3.63) is 108 Å². The third kappa shape index (κ3) is 5.06. The Kier molecular flexibility index (Phi) is 6.99. The number of hydrogen-bond acceptors (Lipinski definition) is 4. The zero-order valence-electron chi connectivity index (χ0n) is 23.9. The van der Waals surface area contributed by atoms with E-state index in [0.717, 1.165) is 27.7 Å². The zero-order chi connectivity index (χ0) is 28.7. The number of amides is 1. The Balaban J connectivity index is 1.30. The van der Waals surface area contributed by atoms with Gasteiger partial charge in [-0.15, -0.1) is 0 Å². The predicted molar refractivity (Wildman–Crippen MR) is 172 cm³/mol. The maximum atomic E-state index is 13.2. The Morgan fingerprint density at radius 1 is 1.05 bits per heavy atom. The zero-order valence-corrected chi connectivity index (χ0v) is 24.7. The van der Waals surface area contributed by atoms with Gasteiger partial charge in [-0.1, -0.05) is 54.6 Å². The van der Waals surface area contributed by atoms with E-state index in [0.29, 0.717) is 18.1 Å². The Morgan fingerprint density at radius 2 is 1.83 bits per heavy atom. The van der Waals surface area contributed by atoms with E-state index in [4.69, 9.17) is 12.2 Å². The number of hydrogen-bond donors (Lipinski definition) is 2. The summed E-state index contributed by atoms with van der Waals surface area (Å²) in [6, 6.07) is 26.4. The van der Waals surface area contributed by atoms with Crippen molar-refractivity contribution in [2.75, 3.05) is 23.8 Å². The quantitative estimate of drug-likeness (QED) is 0.251. The van der Waals surface area contributed by atoms with Crippen molar-refractivity contribution >= 4 is 51.0 Å². The standard InChI is InChI=1S/C34H35N5OS/c1-22-21-34(2,3)38(4)29-16-15-24(20-26(22)29)32-31(28-13-7-8-18-35-28)37-33(41)39(32)19-17-30(40)36-27-14-9-11-23-10-5-6-12-25(23)27/h5-16,18,20-21,31-32H,17,19H2,1-4H3,(H,36,40)(H,37,41)/t31-,32+/m1/s1. The van der Waals surface area contributed by atoms with Gasteiger partial charge < -0.3 is 20.4 Å². The highest BCUT2D eigenvalue weighted by Crippen LogP contribution is 2.43. The molecular weight excluding hydrogens is 526 g/mol. The summed E-state index contributed by atoms with van der Waals surface area (Å²) in [5, 5.41) is 9.40. The summed E-state index contributed by atoms with van der Waals surface area (Å²) in [5.74, 6) is -0.0442. The molecule has 1 saturated heterocycles. The lowest BCUT2D eigenvalue weighted by molar-refractivity contribution is -0.116. The number of nitrogens with one attached hydrogen (secondary N) is 2. The second kappa shape index (κ2) is 10.6. The number of allylic oxidation sites excluding steroid dienone is 1. The summed E-state index contributed by atoms with van der Waals surface area (Å²) in [6.45, 7) is 7.12. The van der Waals surface area contributed by atoms with Gasteiger partial charge in [0.2, 0.25) is 5.91 Å². The molecule has 3 aromatic carbocycles. The second-order valence-corrected chi connectivity index (χ2v) is 11.8. The number of anilines is 2. The highest BCUT2D eigenvalue weighted by atomic mass is 32.1. The lowest BCUT2D eigenvalue weighted by atomic mass is 9.86. The molecule has 41 heavy (non-hydrogen) atoms. The van der Waals surface area contributed by atoms with Crippen LogP contribution in [0.15, 0.2) is 91.1 Å². The Hall–Kier alpha value is -4.23. The Bertz CT molecular complexity index is 1660. The maximum Gasteiger partial charge on any atom is 0.226 e. The van der Waals surface area contributed by atoms with Gasteiger partial charge in [0.25, 0.3) is 0 Å². The maximum absolute atomic E-state index is 13.2. The normalized spacial score (nSPS) is 19.5. The van der Waals surface area contributed by atoms with Gasteiger partial charge in [-0.3, -0.25) is 9.78 Å². The number of thiocarbonyl (C=S) groups is 1. The molecule has 1 aromatic heterocycles. The Morgan fingerprint density at radius 3 is 2.63 bits per heavy atom. The van der Waals surface area contributed by atoms with E-state index in [1.807, 2.05) is 54.7 Å². The van der Waals surface area contributed by atoms with Crippen molar-refractivity contribution in [1.82, 2.24) is 15.2 Å². The van der Waals surface area contributed by atoms with Crippen LogP contribution in [0, 0.1) is 0 Å². The number of rotatable bonds is 6. The van der Waals surface area contributed by atoms with Crippen LogP contribution in [0.1, 0.15) is 56.1 Å². The molecule has 4 aromatic rings. The number of nitrogens with zero attached hydrogens (tertiary/aromatic N) is 3. The fraction of sp³-hybridized carbons (Fsp3) is 0.265. The monoisotopic (exact) mass is 561 g/mol. The topological polar surface area (TPSA) is 60.5 Å². The molecule has 2 atom stereocenters. The van der Waals surface area contributed by atoms with Gasteiger partial charge in [0, 0.05) is 48.5 Å². The van der Waals surface area contributed by atoms with Gasteiger partial charge in [0.15, 0.2) is 5.11 Å². The molecule has 0 radical (unpaired) electrons. The highest BCUT2D eigenvalue weighted by Gasteiger charge is 2.40. The predicted octanol–water partition coefficient (Wildman–Crippen LogP) is 6.87. The summed E-state index contributed by atoms with van der Waals surface area (Å²) in [6.07, 6.45) is 4.44. The molecule has 0 bridgehead atoms. The molecule has 2 aliphatic rings. The number of aromatic nitrogens is 1. The van der Waals surface area contributed by atoms with Gasteiger partial charge in [-0.25, -0.2) is 0 Å². The van der Waals surface area contributed by atoms with E-state index in [1.54, 1.807) is 0 Å². The largest absolute Gasteiger partial charge is 0.366 e. The number of fused-ring (bicyclic) bond motifs is 2. The number of pyridine rings is 1. The minimum Gasteiger partial charge on any atom is -0.366 e. The van der Waals surface area contributed by atoms with Crippen molar-refractivity contribution in [2.24, 2.45) is 0 Å². The fourth-order valence-corrected chi connectivity index (χ4v) is 6.47. The van der Waals surface area contributed by atoms with Gasteiger partial charge in [-0.2, -0.15) is 0 Å². The van der Waals surface area contributed by atoms with Crippen LogP contribution in [-0.4, -0.2) is 40.0 Å². The molecule has 0 spiro atoms. The first-order valence-electron chi connectivity index (χ1n) is 14.1. The first kappa shape index (κ1) is 27.0. The van der Waals surface area contributed by atoms with Crippen LogP contribution >= 0.6 is 12.2 Å². The molecule has 0 aliphatic carbocycles. The smallest absolute Gasteiger partial charge is 0.226 e. The first-order chi connectivity index (χ1) is 19.7. The molecule has 2 aliphatic heterocycles. The van der Waals surface area contributed by atoms with Gasteiger partial charge in [0.05, 0.1) is 23.3 Å². The van der Waals surface area contributed by atoms with Crippen LogP contribution in [0.3, 0.4) is 0 Å². The Labute approximate surface area is 247 Å². The van der Waals surface area contributed by atoms with Crippen LogP contribution in [0.5, 0.6) is 0 Å². The molecule has 208 valence electrons. The minimum atomic E-state index is -0.134. The number of carbonyl (C=O) groups excluding carboxylic acids is 1. The molecule has 0 unspecified atom stereocenters. The molecule has 2 N–H and O–H groups in total. The van der Waals surface area contributed by atoms with Gasteiger partial charge in [-0.05, 0) is 79.8 Å². The molecule has 0 saturated carbocycles. The molecule has 6 nitrogen and oxygen atoms in total. The van der Waals surface area contributed by atoms with E-state index in [-0.39, 0.29) is 23.5 Å². The van der Waals surface area contributed by atoms with E-state index in [2.05, 4.69) is 89.6 Å². The van der Waals surface area contributed by atoms with Gasteiger partial charge >= 0.3 is 0 Å². The number of carbonyl (C=O) groups is 1. The highest BCUT2D eigenvalue weighted by molar-refractivity contribution is 7.80. The fourth-order valence-electron chi connectivity index (χ4n) is 6.14. The summed E-state index contributed by atoms with van der Waals surface area (Å²) in [5.41, 5.74) is 6.51. The molecule has 1 amide bonds. The first-order valence-corrected chi connectivity index (χ1v) is 14.5. The van der Waals surface area contributed by atoms with Crippen LogP contribution < -0.4 is 15.5 Å². The third-order valence-corrected chi connectivity index (χ3v) is 8.78. The van der Waals surface area contributed by atoms with E-state index < -0.39 is 0 Å². The molecule has 6 rings (SSSR count). The minimum absolute atomic E-state index is 0.0442. The number of benzene rings is 3. The van der Waals surface area contributed by atoms with E-state index in [1.165, 1.54) is 16.8 Å². The van der Waals surface area contributed by atoms with Crippen molar-refractivity contribution in [2.45, 2.75) is 44.8 Å². The molecule has 1 fully saturated rings. The summed E-state index contributed by atoms with van der Waals surface area (Å²) < 4.78 is 0. The molecule has 7 heteroatoms. The van der Waals surface area contributed by atoms with Crippen molar-refractivity contribution in [3.63, 3.8) is 0 Å². The lowest BCUT2D eigenvalue weighted by Crippen LogP contribution is -2.42. The van der Waals surface area contributed by atoms with Crippen LogP contribution in [0.25, 0.3) is 16.3 Å². The van der Waals surface area contributed by atoms with Gasteiger partial charge in [0.1, 0.15) is 0 Å². The third-order valence-electron chi connectivity index (χ3n) is 8.42. The lowest BCUT2D eigenvalue weighted by Gasteiger charge is -2.41. The SMILES string of the molecule is CC1=CC(C)(C)N(C)c2ccc([C@H]3[C@@H](c4ccccn4)NC(=S)N3CCC(=O)Nc3cccc4ccccc34)cc21. The average molecular weight is 562 g/mol. The van der Waals surface area contributed by atoms with Crippen LogP contribution in [-0.2, 0) is 4.79 Å². The number of likely N-dealkylation sites (N-methyl/N-ethyl adjacent to an activating group) is 1. The summed E-state index contributed by atoms with van der Waals surface area (Å²) in [4.78, 5) is 22.4. The van der Waals surface area contributed by atoms with Crippen LogP contribution in [0.4, 0.5) is 11.4 Å². The average Bonchev–Trinajstić information content (AvgIpc) is 3.31. The summed E-state index contributed by atoms with van der Waals surface area (Å²) >= 11 is 5.87. The van der Waals surface area contributed by atoms with Crippen LogP contribution in [0.2, 0.25) is 0 Å². The van der Waals surface area contributed by atoms with Crippen molar-refractivity contribution in [1.29, 1.82) is 0 Å². The molecular formula is C34H35N5OS. The second-order valence-electron chi connectivity index (χ2n) is 11.5. The van der Waals surface area contributed by atoms with Crippen molar-refractivity contribution < 1.29 is 4.79 Å². The summed E-state index contributed by atoms with van der Waals surface area (Å²) in [7, 11) is 2.14. The molecule has 3 heterocycles. The van der Waals surface area contributed by atoms with E-state index >= 15 is 0 Å². The van der Waals surface area contributed by atoms with Crippen molar-refractivity contribution in [3.8, 4) is 0 Å².